The highest BCUT2D eigenvalue weighted by Crippen LogP contribution is 2.39. The first-order valence-corrected chi connectivity index (χ1v) is 7.27. The van der Waals surface area contributed by atoms with Crippen LogP contribution in [0.5, 0.6) is 0 Å². The molecule has 2 unspecified atom stereocenters. The van der Waals surface area contributed by atoms with Gasteiger partial charge in [0, 0.05) is 25.4 Å². The number of nitrogens with one attached hydrogen (secondary N) is 1. The average molecular weight is 260 g/mol. The Morgan fingerprint density at radius 2 is 1.94 bits per heavy atom. The van der Waals surface area contributed by atoms with Crippen molar-refractivity contribution in [1.82, 2.24) is 10.2 Å². The third-order valence-electron chi connectivity index (χ3n) is 4.82. The van der Waals surface area contributed by atoms with Gasteiger partial charge in [-0.25, -0.2) is 8.78 Å². The molecule has 4 heteroatoms. The molecule has 1 aliphatic carbocycles. The Bertz CT molecular complexity index is 263. The summed E-state index contributed by atoms with van der Waals surface area (Å²) in [7, 11) is 2.01. The van der Waals surface area contributed by atoms with Gasteiger partial charge in [-0.3, -0.25) is 0 Å². The highest BCUT2D eigenvalue weighted by Gasteiger charge is 2.40. The molecular formula is C14H26F2N2. The molecule has 1 aliphatic heterocycles. The van der Waals surface area contributed by atoms with Crippen LogP contribution in [0.4, 0.5) is 8.78 Å². The van der Waals surface area contributed by atoms with Crippen LogP contribution in [0.3, 0.4) is 0 Å². The van der Waals surface area contributed by atoms with E-state index in [1.54, 1.807) is 0 Å². The molecule has 2 rings (SSSR count). The lowest BCUT2D eigenvalue weighted by Gasteiger charge is -2.36. The predicted octanol–water partition coefficient (Wildman–Crippen LogP) is 2.74. The fourth-order valence-corrected chi connectivity index (χ4v) is 3.43. The number of rotatable bonds is 4. The summed E-state index contributed by atoms with van der Waals surface area (Å²) in [6.07, 6.45) is 3.32. The zero-order valence-electron chi connectivity index (χ0n) is 11.6. The number of halogens is 2. The van der Waals surface area contributed by atoms with Gasteiger partial charge in [0.15, 0.2) is 0 Å². The van der Waals surface area contributed by atoms with Crippen molar-refractivity contribution >= 4 is 0 Å². The molecule has 1 heterocycles. The third-order valence-corrected chi connectivity index (χ3v) is 4.82. The highest BCUT2D eigenvalue weighted by atomic mass is 19.3. The molecule has 0 amide bonds. The maximum atomic E-state index is 13.1. The first kappa shape index (κ1) is 14.2. The second-order valence-electron chi connectivity index (χ2n) is 6.18. The number of alkyl halides is 2. The topological polar surface area (TPSA) is 15.3 Å². The number of nitrogens with zero attached hydrogens (tertiary/aromatic N) is 1. The van der Waals surface area contributed by atoms with Gasteiger partial charge in [-0.1, -0.05) is 0 Å². The molecule has 0 aromatic rings. The van der Waals surface area contributed by atoms with Crippen molar-refractivity contribution < 1.29 is 8.78 Å². The number of likely N-dealkylation sites (tertiary alicyclic amines) is 1. The van der Waals surface area contributed by atoms with Gasteiger partial charge < -0.3 is 10.2 Å². The molecule has 1 saturated carbocycles. The first-order valence-electron chi connectivity index (χ1n) is 7.27. The van der Waals surface area contributed by atoms with E-state index < -0.39 is 5.92 Å². The summed E-state index contributed by atoms with van der Waals surface area (Å²) in [6, 6.07) is 0.572. The van der Waals surface area contributed by atoms with Crippen molar-refractivity contribution in [3.8, 4) is 0 Å². The maximum absolute atomic E-state index is 13.1. The van der Waals surface area contributed by atoms with Gasteiger partial charge in [-0.15, -0.1) is 0 Å². The van der Waals surface area contributed by atoms with Gasteiger partial charge in [0.25, 0.3) is 0 Å². The zero-order valence-corrected chi connectivity index (χ0v) is 11.6. The van der Waals surface area contributed by atoms with E-state index in [4.69, 9.17) is 0 Å². The lowest BCUT2D eigenvalue weighted by Crippen LogP contribution is -2.42. The van der Waals surface area contributed by atoms with Crippen LogP contribution in [0.1, 0.15) is 39.0 Å². The van der Waals surface area contributed by atoms with Gasteiger partial charge >= 0.3 is 0 Å². The van der Waals surface area contributed by atoms with Crippen LogP contribution in [-0.2, 0) is 0 Å². The first-order chi connectivity index (χ1) is 8.50. The number of hydrogen-bond acceptors (Lipinski definition) is 2. The zero-order chi connectivity index (χ0) is 13.2. The Morgan fingerprint density at radius 1 is 1.28 bits per heavy atom. The summed E-state index contributed by atoms with van der Waals surface area (Å²) < 4.78 is 26.3. The second kappa shape index (κ2) is 5.83. The Hall–Kier alpha value is -0.220. The molecule has 0 aromatic carbocycles. The minimum Gasteiger partial charge on any atom is -0.317 e. The Morgan fingerprint density at radius 3 is 2.44 bits per heavy atom. The molecule has 0 radical (unpaired) electrons. The summed E-state index contributed by atoms with van der Waals surface area (Å²) in [5.74, 6) is -1.42. The van der Waals surface area contributed by atoms with E-state index in [0.29, 0.717) is 12.5 Å². The molecule has 1 N–H and O–H groups in total. The normalized spacial score (nSPS) is 31.7. The third kappa shape index (κ3) is 3.64. The lowest BCUT2D eigenvalue weighted by molar-refractivity contribution is 0.00278. The molecular weight excluding hydrogens is 234 g/mol. The fourth-order valence-electron chi connectivity index (χ4n) is 3.43. The van der Waals surface area contributed by atoms with Crippen LogP contribution in [0, 0.1) is 11.8 Å². The molecule has 106 valence electrons. The van der Waals surface area contributed by atoms with Gasteiger partial charge in [0.1, 0.15) is 0 Å². The van der Waals surface area contributed by atoms with Gasteiger partial charge in [-0.05, 0) is 58.2 Å². The molecule has 2 atom stereocenters. The monoisotopic (exact) mass is 260 g/mol. The van der Waals surface area contributed by atoms with Crippen molar-refractivity contribution in [1.29, 1.82) is 0 Å². The number of piperidine rings is 1. The van der Waals surface area contributed by atoms with E-state index in [-0.39, 0.29) is 18.8 Å². The second-order valence-corrected chi connectivity index (χ2v) is 6.18. The molecule has 18 heavy (non-hydrogen) atoms. The molecule has 2 nitrogen and oxygen atoms in total. The molecule has 1 saturated heterocycles. The van der Waals surface area contributed by atoms with Crippen LogP contribution >= 0.6 is 0 Å². The highest BCUT2D eigenvalue weighted by molar-refractivity contribution is 4.85. The van der Waals surface area contributed by atoms with Crippen LogP contribution in [0.15, 0.2) is 0 Å². The van der Waals surface area contributed by atoms with Crippen molar-refractivity contribution in [2.24, 2.45) is 11.8 Å². The molecule has 0 bridgehead atoms. The van der Waals surface area contributed by atoms with Crippen LogP contribution in [0.2, 0.25) is 0 Å². The van der Waals surface area contributed by atoms with E-state index in [0.717, 1.165) is 25.6 Å². The lowest BCUT2D eigenvalue weighted by atomic mass is 9.90. The van der Waals surface area contributed by atoms with Crippen LogP contribution in [0.25, 0.3) is 0 Å². The summed E-state index contributed by atoms with van der Waals surface area (Å²) >= 11 is 0. The van der Waals surface area contributed by atoms with Crippen molar-refractivity contribution in [3.05, 3.63) is 0 Å². The summed E-state index contributed by atoms with van der Waals surface area (Å²) in [5.41, 5.74) is 0. The molecule has 0 spiro atoms. The Labute approximate surface area is 109 Å². The van der Waals surface area contributed by atoms with E-state index >= 15 is 0 Å². The standard InChI is InChI=1S/C14H26F2N2/c1-11(17-2)13-4-7-18(8-5-13)10-12-3-6-14(15,16)9-12/h11-13,17H,3-10H2,1-2H3. The minimum atomic E-state index is -2.39. The van der Waals surface area contributed by atoms with Crippen molar-refractivity contribution in [2.45, 2.75) is 51.0 Å². The van der Waals surface area contributed by atoms with E-state index in [1.165, 1.54) is 12.8 Å². The van der Waals surface area contributed by atoms with Gasteiger partial charge in [0.05, 0.1) is 0 Å². The molecule has 2 aliphatic rings. The smallest absolute Gasteiger partial charge is 0.248 e. The largest absolute Gasteiger partial charge is 0.317 e. The van der Waals surface area contributed by atoms with Gasteiger partial charge in [0.2, 0.25) is 5.92 Å². The van der Waals surface area contributed by atoms with Crippen molar-refractivity contribution in [2.75, 3.05) is 26.7 Å². The van der Waals surface area contributed by atoms with Crippen LogP contribution < -0.4 is 5.32 Å². The fraction of sp³-hybridized carbons (Fsp3) is 1.00. The Balaban J connectivity index is 1.71. The van der Waals surface area contributed by atoms with E-state index in [9.17, 15) is 8.78 Å². The average Bonchev–Trinajstić information content (AvgIpc) is 2.68. The van der Waals surface area contributed by atoms with Crippen LogP contribution in [-0.4, -0.2) is 43.5 Å². The Kier molecular flexibility index (Phi) is 4.59. The SMILES string of the molecule is CNC(C)C1CCN(CC2CCC(F)(F)C2)CC1. The molecule has 0 aromatic heterocycles. The summed E-state index contributed by atoms with van der Waals surface area (Å²) in [5, 5.41) is 3.32. The van der Waals surface area contributed by atoms with Gasteiger partial charge in [-0.2, -0.15) is 0 Å². The van der Waals surface area contributed by atoms with E-state index in [2.05, 4.69) is 17.1 Å². The summed E-state index contributed by atoms with van der Waals surface area (Å²) in [4.78, 5) is 2.39. The molecule has 2 fully saturated rings. The van der Waals surface area contributed by atoms with Crippen molar-refractivity contribution in [3.63, 3.8) is 0 Å². The maximum Gasteiger partial charge on any atom is 0.248 e. The predicted molar refractivity (Wildman–Crippen MR) is 70.0 cm³/mol. The van der Waals surface area contributed by atoms with E-state index in [1.807, 2.05) is 7.05 Å². The quantitative estimate of drug-likeness (QED) is 0.836. The minimum absolute atomic E-state index is 0.102. The summed E-state index contributed by atoms with van der Waals surface area (Å²) in [6.45, 7) is 5.28. The number of hydrogen-bond donors (Lipinski definition) is 1.